The van der Waals surface area contributed by atoms with Crippen molar-refractivity contribution in [1.29, 1.82) is 0 Å². The van der Waals surface area contributed by atoms with Crippen molar-refractivity contribution in [3.8, 4) is 23.0 Å². The van der Waals surface area contributed by atoms with Crippen molar-refractivity contribution >= 4 is 32.9 Å². The molecule has 5 nitrogen and oxygen atoms in total. The van der Waals surface area contributed by atoms with E-state index < -0.39 is 0 Å². The minimum Gasteiger partial charge on any atom is -0.618 e. The molecule has 4 aromatic rings. The van der Waals surface area contributed by atoms with Gasteiger partial charge in [-0.05, 0) is 48.8 Å². The van der Waals surface area contributed by atoms with Crippen molar-refractivity contribution in [2.24, 2.45) is 0 Å². The summed E-state index contributed by atoms with van der Waals surface area (Å²) in [5, 5.41) is 17.0. The van der Waals surface area contributed by atoms with E-state index in [9.17, 15) is 5.21 Å². The van der Waals surface area contributed by atoms with Crippen LogP contribution in [0.15, 0.2) is 35.2 Å². The van der Waals surface area contributed by atoms with Gasteiger partial charge in [0.15, 0.2) is 17.3 Å². The lowest BCUT2D eigenvalue weighted by atomic mass is 9.97. The Morgan fingerprint density at radius 2 is 2.04 bits per heavy atom. The second kappa shape index (κ2) is 6.58. The summed E-state index contributed by atoms with van der Waals surface area (Å²) in [6.45, 7) is 1.77. The highest BCUT2D eigenvalue weighted by atomic mass is 32.1. The molecule has 0 unspecified atom stereocenters. The minimum atomic E-state index is 0.489. The zero-order valence-corrected chi connectivity index (χ0v) is 16.4. The maximum Gasteiger partial charge on any atom is 0.232 e. The molecule has 0 aliphatic heterocycles. The SMILES string of the molecule is Cc1ccc(Oc2nc(-c3ccsc3)nc3sc4c(c23)CCCC4)c[n+]1[O-]. The number of hydrogen-bond acceptors (Lipinski definition) is 6. The molecule has 5 rings (SSSR count). The fraction of sp³-hybridized carbons (Fsp3) is 0.250. The van der Waals surface area contributed by atoms with Crippen LogP contribution in [0.2, 0.25) is 0 Å². The van der Waals surface area contributed by atoms with E-state index in [0.717, 1.165) is 33.4 Å². The summed E-state index contributed by atoms with van der Waals surface area (Å²) in [5.41, 5.74) is 2.93. The van der Waals surface area contributed by atoms with Crippen LogP contribution in [-0.4, -0.2) is 9.97 Å². The molecule has 0 bridgehead atoms. The van der Waals surface area contributed by atoms with Crippen LogP contribution in [0.1, 0.15) is 29.0 Å². The smallest absolute Gasteiger partial charge is 0.232 e. The van der Waals surface area contributed by atoms with E-state index in [4.69, 9.17) is 14.7 Å². The summed E-state index contributed by atoms with van der Waals surface area (Å²) < 4.78 is 6.94. The van der Waals surface area contributed by atoms with Crippen LogP contribution in [-0.2, 0) is 12.8 Å². The highest BCUT2D eigenvalue weighted by Crippen LogP contribution is 2.41. The molecule has 1 aliphatic rings. The van der Waals surface area contributed by atoms with Crippen LogP contribution in [0, 0.1) is 12.1 Å². The zero-order chi connectivity index (χ0) is 18.4. The minimum absolute atomic E-state index is 0.489. The van der Waals surface area contributed by atoms with Crippen molar-refractivity contribution in [3.05, 3.63) is 56.5 Å². The zero-order valence-electron chi connectivity index (χ0n) is 14.8. The molecule has 0 amide bonds. The molecule has 0 saturated heterocycles. The van der Waals surface area contributed by atoms with Crippen molar-refractivity contribution in [1.82, 2.24) is 9.97 Å². The molecule has 0 spiro atoms. The maximum absolute atomic E-state index is 11.9. The highest BCUT2D eigenvalue weighted by Gasteiger charge is 2.23. The van der Waals surface area contributed by atoms with E-state index in [1.54, 1.807) is 41.7 Å². The molecule has 4 aromatic heterocycles. The average Bonchev–Trinajstić information content (AvgIpc) is 3.32. The van der Waals surface area contributed by atoms with Crippen LogP contribution < -0.4 is 9.47 Å². The third-order valence-electron chi connectivity index (χ3n) is 4.86. The number of fused-ring (bicyclic) bond motifs is 3. The first-order chi connectivity index (χ1) is 13.2. The fourth-order valence-corrected chi connectivity index (χ4v) is 5.31. The molecule has 4 heterocycles. The third kappa shape index (κ3) is 2.96. The first-order valence-electron chi connectivity index (χ1n) is 8.91. The van der Waals surface area contributed by atoms with E-state index in [1.807, 2.05) is 16.8 Å². The topological polar surface area (TPSA) is 62.0 Å². The summed E-state index contributed by atoms with van der Waals surface area (Å²) in [6, 6.07) is 5.57. The number of rotatable bonds is 3. The summed E-state index contributed by atoms with van der Waals surface area (Å²) in [5.74, 6) is 1.70. The molecule has 0 N–H and O–H groups in total. The Morgan fingerprint density at radius 3 is 2.85 bits per heavy atom. The summed E-state index contributed by atoms with van der Waals surface area (Å²) >= 11 is 3.37. The molecular weight excluding hydrogens is 378 g/mol. The van der Waals surface area contributed by atoms with Crippen LogP contribution >= 0.6 is 22.7 Å². The van der Waals surface area contributed by atoms with E-state index in [2.05, 4.69) is 0 Å². The van der Waals surface area contributed by atoms with Gasteiger partial charge in [0.05, 0.1) is 5.39 Å². The van der Waals surface area contributed by atoms with Gasteiger partial charge >= 0.3 is 0 Å². The Bertz CT molecular complexity index is 1140. The molecule has 0 radical (unpaired) electrons. The van der Waals surface area contributed by atoms with Gasteiger partial charge in [0.1, 0.15) is 4.83 Å². The predicted molar refractivity (Wildman–Crippen MR) is 108 cm³/mol. The fourth-order valence-electron chi connectivity index (χ4n) is 3.43. The lowest BCUT2D eigenvalue weighted by Crippen LogP contribution is -2.28. The van der Waals surface area contributed by atoms with Crippen molar-refractivity contribution < 1.29 is 9.47 Å². The maximum atomic E-state index is 11.9. The number of ether oxygens (including phenoxy) is 1. The van der Waals surface area contributed by atoms with Crippen LogP contribution in [0.25, 0.3) is 21.6 Å². The Hall–Kier alpha value is -2.51. The lowest BCUT2D eigenvalue weighted by Gasteiger charge is -2.12. The van der Waals surface area contributed by atoms with Gasteiger partial charge in [0, 0.05) is 28.8 Å². The Morgan fingerprint density at radius 1 is 1.15 bits per heavy atom. The van der Waals surface area contributed by atoms with Crippen molar-refractivity contribution in [2.75, 3.05) is 0 Å². The van der Waals surface area contributed by atoms with E-state index in [-0.39, 0.29) is 0 Å². The van der Waals surface area contributed by atoms with Crippen LogP contribution in [0.5, 0.6) is 11.6 Å². The van der Waals surface area contributed by atoms with Gasteiger partial charge in [-0.2, -0.15) is 21.1 Å². The van der Waals surface area contributed by atoms with Gasteiger partial charge in [0.2, 0.25) is 12.1 Å². The number of aryl methyl sites for hydroxylation is 3. The number of aromatic nitrogens is 3. The molecular formula is C20H17N3O2S2. The molecule has 0 fully saturated rings. The van der Waals surface area contributed by atoms with E-state index in [0.29, 0.717) is 23.1 Å². The second-order valence-corrected chi connectivity index (χ2v) is 8.55. The van der Waals surface area contributed by atoms with Gasteiger partial charge in [-0.1, -0.05) is 0 Å². The van der Waals surface area contributed by atoms with Gasteiger partial charge in [-0.3, -0.25) is 0 Å². The quantitative estimate of drug-likeness (QED) is 0.360. The predicted octanol–water partition coefficient (Wildman–Crippen LogP) is 5.03. The largest absolute Gasteiger partial charge is 0.618 e. The Labute approximate surface area is 164 Å². The average molecular weight is 396 g/mol. The van der Waals surface area contributed by atoms with Gasteiger partial charge in [0.25, 0.3) is 0 Å². The molecule has 0 atom stereocenters. The van der Waals surface area contributed by atoms with Crippen molar-refractivity contribution in [2.45, 2.75) is 32.6 Å². The molecule has 136 valence electrons. The molecule has 7 heteroatoms. The normalized spacial score (nSPS) is 13.7. The van der Waals surface area contributed by atoms with Crippen molar-refractivity contribution in [3.63, 3.8) is 0 Å². The third-order valence-corrected chi connectivity index (χ3v) is 6.73. The molecule has 27 heavy (non-hydrogen) atoms. The van der Waals surface area contributed by atoms with Gasteiger partial charge in [-0.25, -0.2) is 4.98 Å². The lowest BCUT2D eigenvalue weighted by molar-refractivity contribution is -0.612. The number of nitrogens with zero attached hydrogens (tertiary/aromatic N) is 3. The molecule has 0 aromatic carbocycles. The van der Waals surface area contributed by atoms with Crippen LogP contribution in [0.4, 0.5) is 0 Å². The first kappa shape index (κ1) is 16.6. The standard InChI is InChI=1S/C20H17N3O2S2/c1-12-6-7-14(10-23(12)24)25-19-17-15-4-2-3-5-16(15)27-20(17)22-18(21-19)13-8-9-26-11-13/h6-11H,2-5H2,1H3. The first-order valence-corrected chi connectivity index (χ1v) is 10.7. The molecule has 1 aliphatic carbocycles. The monoisotopic (exact) mass is 395 g/mol. The Balaban J connectivity index is 1.69. The number of hydrogen-bond donors (Lipinski definition) is 0. The number of pyridine rings is 1. The summed E-state index contributed by atoms with van der Waals surface area (Å²) in [4.78, 5) is 11.9. The number of thiophene rings is 2. The summed E-state index contributed by atoms with van der Waals surface area (Å²) in [7, 11) is 0. The van der Waals surface area contributed by atoms with Crippen LogP contribution in [0.3, 0.4) is 0 Å². The second-order valence-electron chi connectivity index (χ2n) is 6.69. The van der Waals surface area contributed by atoms with E-state index >= 15 is 0 Å². The van der Waals surface area contributed by atoms with E-state index in [1.165, 1.54) is 29.5 Å². The summed E-state index contributed by atoms with van der Waals surface area (Å²) in [6.07, 6.45) is 5.97. The molecule has 0 saturated carbocycles. The van der Waals surface area contributed by atoms with Gasteiger partial charge in [-0.15, -0.1) is 11.3 Å². The highest BCUT2D eigenvalue weighted by molar-refractivity contribution is 7.19. The Kier molecular flexibility index (Phi) is 4.06. The van der Waals surface area contributed by atoms with Gasteiger partial charge < -0.3 is 9.94 Å².